The fourth-order valence-corrected chi connectivity index (χ4v) is 3.78. The number of hydrogen-bond donors (Lipinski definition) is 0. The lowest BCUT2D eigenvalue weighted by atomic mass is 10.1. The van der Waals surface area contributed by atoms with Gasteiger partial charge in [0.15, 0.2) is 5.82 Å². The standard InChI is InChI=1S/C28H30F3N3O/c1-2-3-4-5-6-7-8-9-22-18-33-27(34-19-22)23-12-10-21(11-13-23)20-35-25-15-14-24(17-32)26(16-25)28(29,30)31/h10-16,18-19H,2-9,20H2,1H3. The monoisotopic (exact) mass is 481 g/mol. The number of benzene rings is 2. The Bertz CT molecular complexity index is 1100. The Morgan fingerprint density at radius 1 is 0.857 bits per heavy atom. The third-order valence-electron chi connectivity index (χ3n) is 5.81. The summed E-state index contributed by atoms with van der Waals surface area (Å²) in [5.74, 6) is 0.683. The number of ether oxygens (including phenoxy) is 1. The second-order valence-corrected chi connectivity index (χ2v) is 8.59. The maximum Gasteiger partial charge on any atom is 0.417 e. The van der Waals surface area contributed by atoms with Crippen molar-refractivity contribution >= 4 is 0 Å². The van der Waals surface area contributed by atoms with Crippen LogP contribution < -0.4 is 4.74 Å². The van der Waals surface area contributed by atoms with Gasteiger partial charge >= 0.3 is 6.18 Å². The van der Waals surface area contributed by atoms with Gasteiger partial charge < -0.3 is 4.74 Å². The number of aryl methyl sites for hydroxylation is 1. The molecule has 0 aliphatic heterocycles. The quantitative estimate of drug-likeness (QED) is 0.247. The Labute approximate surface area is 204 Å². The minimum Gasteiger partial charge on any atom is -0.489 e. The summed E-state index contributed by atoms with van der Waals surface area (Å²) >= 11 is 0. The van der Waals surface area contributed by atoms with E-state index in [4.69, 9.17) is 10.00 Å². The van der Waals surface area contributed by atoms with Crippen molar-refractivity contribution in [1.82, 2.24) is 9.97 Å². The van der Waals surface area contributed by atoms with Gasteiger partial charge in [0.25, 0.3) is 0 Å². The van der Waals surface area contributed by atoms with Gasteiger partial charge in [0.1, 0.15) is 12.4 Å². The van der Waals surface area contributed by atoms with Crippen LogP contribution in [0.5, 0.6) is 5.75 Å². The zero-order chi connectivity index (χ0) is 25.1. The Balaban J connectivity index is 1.51. The molecule has 0 saturated heterocycles. The highest BCUT2D eigenvalue weighted by molar-refractivity contribution is 5.55. The molecule has 0 amide bonds. The highest BCUT2D eigenvalue weighted by Crippen LogP contribution is 2.34. The molecule has 7 heteroatoms. The van der Waals surface area contributed by atoms with E-state index in [0.717, 1.165) is 41.7 Å². The van der Waals surface area contributed by atoms with Crippen LogP contribution in [0.1, 0.15) is 74.1 Å². The van der Waals surface area contributed by atoms with Gasteiger partial charge in [0.05, 0.1) is 17.2 Å². The summed E-state index contributed by atoms with van der Waals surface area (Å²) in [6.45, 7) is 2.33. The van der Waals surface area contributed by atoms with Crippen molar-refractivity contribution in [2.75, 3.05) is 0 Å². The van der Waals surface area contributed by atoms with E-state index in [2.05, 4.69) is 16.9 Å². The molecular formula is C28H30F3N3O. The summed E-state index contributed by atoms with van der Waals surface area (Å²) in [7, 11) is 0. The van der Waals surface area contributed by atoms with E-state index < -0.39 is 17.3 Å². The van der Waals surface area contributed by atoms with Gasteiger partial charge in [0, 0.05) is 18.0 Å². The summed E-state index contributed by atoms with van der Waals surface area (Å²) in [6, 6.07) is 12.3. The fourth-order valence-electron chi connectivity index (χ4n) is 3.78. The molecule has 1 aromatic heterocycles. The molecule has 4 nitrogen and oxygen atoms in total. The van der Waals surface area contributed by atoms with Crippen molar-refractivity contribution in [1.29, 1.82) is 5.26 Å². The number of halogens is 3. The highest BCUT2D eigenvalue weighted by atomic mass is 19.4. The Kier molecular flexibility index (Phi) is 9.66. The summed E-state index contributed by atoms with van der Waals surface area (Å²) in [6.07, 6.45) is 9.00. The largest absolute Gasteiger partial charge is 0.489 e. The number of alkyl halides is 3. The SMILES string of the molecule is CCCCCCCCCc1cnc(-c2ccc(COc3ccc(C#N)c(C(F)(F)F)c3)cc2)nc1. The second-order valence-electron chi connectivity index (χ2n) is 8.59. The summed E-state index contributed by atoms with van der Waals surface area (Å²) in [4.78, 5) is 8.97. The maximum absolute atomic E-state index is 13.1. The molecule has 0 atom stereocenters. The molecule has 0 radical (unpaired) electrons. The smallest absolute Gasteiger partial charge is 0.417 e. The van der Waals surface area contributed by atoms with Crippen molar-refractivity contribution in [2.24, 2.45) is 0 Å². The molecule has 3 rings (SSSR count). The summed E-state index contributed by atoms with van der Waals surface area (Å²) < 4.78 is 44.9. The summed E-state index contributed by atoms with van der Waals surface area (Å²) in [5, 5.41) is 8.90. The van der Waals surface area contributed by atoms with Crippen LogP contribution in [-0.4, -0.2) is 9.97 Å². The molecule has 0 aliphatic carbocycles. The van der Waals surface area contributed by atoms with Crippen molar-refractivity contribution < 1.29 is 17.9 Å². The minimum atomic E-state index is -4.62. The molecule has 0 saturated carbocycles. The molecule has 2 aromatic carbocycles. The first-order chi connectivity index (χ1) is 16.9. The third kappa shape index (κ3) is 8.10. The van der Waals surface area contributed by atoms with Crippen LogP contribution in [0.15, 0.2) is 54.9 Å². The number of unbranched alkanes of at least 4 members (excludes halogenated alkanes) is 6. The van der Waals surface area contributed by atoms with Crippen LogP contribution >= 0.6 is 0 Å². The molecular weight excluding hydrogens is 451 g/mol. The molecule has 0 spiro atoms. The van der Waals surface area contributed by atoms with Crippen LogP contribution in [0, 0.1) is 11.3 Å². The molecule has 0 unspecified atom stereocenters. The van der Waals surface area contributed by atoms with Crippen LogP contribution in [0.4, 0.5) is 13.2 Å². The van der Waals surface area contributed by atoms with Crippen LogP contribution in [-0.2, 0) is 19.2 Å². The van der Waals surface area contributed by atoms with Gasteiger partial charge in [-0.2, -0.15) is 18.4 Å². The highest BCUT2D eigenvalue weighted by Gasteiger charge is 2.34. The van der Waals surface area contributed by atoms with E-state index >= 15 is 0 Å². The van der Waals surface area contributed by atoms with Crippen molar-refractivity contribution in [3.8, 4) is 23.2 Å². The first kappa shape index (κ1) is 26.2. The molecule has 184 valence electrons. The number of rotatable bonds is 12. The predicted octanol–water partition coefficient (Wildman–Crippen LogP) is 7.91. The molecule has 0 aliphatic rings. The van der Waals surface area contributed by atoms with Crippen LogP contribution in [0.2, 0.25) is 0 Å². The molecule has 1 heterocycles. The predicted molar refractivity (Wildman–Crippen MR) is 130 cm³/mol. The van der Waals surface area contributed by atoms with Crippen molar-refractivity contribution in [3.63, 3.8) is 0 Å². The minimum absolute atomic E-state index is 0.0558. The van der Waals surface area contributed by atoms with Gasteiger partial charge in [-0.25, -0.2) is 9.97 Å². The van der Waals surface area contributed by atoms with Crippen molar-refractivity contribution in [3.05, 3.63) is 77.1 Å². The topological polar surface area (TPSA) is 58.8 Å². The molecule has 0 N–H and O–H groups in total. The number of nitriles is 1. The lowest BCUT2D eigenvalue weighted by molar-refractivity contribution is -0.137. The van der Waals surface area contributed by atoms with E-state index in [1.165, 1.54) is 44.6 Å². The van der Waals surface area contributed by atoms with E-state index in [1.54, 1.807) is 6.07 Å². The summed E-state index contributed by atoms with van der Waals surface area (Å²) in [5.41, 5.74) is 1.35. The molecule has 0 fully saturated rings. The lowest BCUT2D eigenvalue weighted by Gasteiger charge is -2.12. The lowest BCUT2D eigenvalue weighted by Crippen LogP contribution is -2.08. The van der Waals surface area contributed by atoms with Crippen LogP contribution in [0.25, 0.3) is 11.4 Å². The van der Waals surface area contributed by atoms with Gasteiger partial charge in [-0.3, -0.25) is 0 Å². The number of nitrogens with zero attached hydrogens (tertiary/aromatic N) is 3. The van der Waals surface area contributed by atoms with Gasteiger partial charge in [-0.15, -0.1) is 0 Å². The maximum atomic E-state index is 13.1. The van der Waals surface area contributed by atoms with Crippen molar-refractivity contribution in [2.45, 2.75) is 71.1 Å². The Hall–Kier alpha value is -3.40. The first-order valence-electron chi connectivity index (χ1n) is 12.0. The Morgan fingerprint density at radius 3 is 2.14 bits per heavy atom. The average molecular weight is 482 g/mol. The van der Waals surface area contributed by atoms with E-state index in [1.807, 2.05) is 36.7 Å². The fraction of sp³-hybridized carbons (Fsp3) is 0.393. The zero-order valence-corrected chi connectivity index (χ0v) is 19.9. The first-order valence-corrected chi connectivity index (χ1v) is 12.0. The van der Waals surface area contributed by atoms with Gasteiger partial charge in [0.2, 0.25) is 0 Å². The normalized spacial score (nSPS) is 11.3. The van der Waals surface area contributed by atoms with E-state index in [0.29, 0.717) is 5.82 Å². The Morgan fingerprint density at radius 2 is 1.51 bits per heavy atom. The third-order valence-corrected chi connectivity index (χ3v) is 5.81. The van der Waals surface area contributed by atoms with E-state index in [9.17, 15) is 13.2 Å². The molecule has 35 heavy (non-hydrogen) atoms. The van der Waals surface area contributed by atoms with Gasteiger partial charge in [-0.05, 0) is 42.2 Å². The zero-order valence-electron chi connectivity index (χ0n) is 19.9. The number of aromatic nitrogens is 2. The average Bonchev–Trinajstić information content (AvgIpc) is 2.87. The van der Waals surface area contributed by atoms with Gasteiger partial charge in [-0.1, -0.05) is 69.7 Å². The number of hydrogen-bond acceptors (Lipinski definition) is 4. The molecule has 3 aromatic rings. The van der Waals surface area contributed by atoms with Crippen LogP contribution in [0.3, 0.4) is 0 Å². The second kappa shape index (κ2) is 12.9. The van der Waals surface area contributed by atoms with E-state index in [-0.39, 0.29) is 12.4 Å². The molecule has 0 bridgehead atoms.